The molecule has 5 heteroatoms. The number of furan rings is 1. The van der Waals surface area contributed by atoms with Gasteiger partial charge < -0.3 is 15.1 Å². The molecule has 120 valence electrons. The largest absolute Gasteiger partial charge is 0.461 e. The predicted molar refractivity (Wildman–Crippen MR) is 86.6 cm³/mol. The van der Waals surface area contributed by atoms with Gasteiger partial charge in [-0.25, -0.2) is 0 Å². The number of hydrogen-bond donors (Lipinski definition) is 2. The molecule has 0 aliphatic heterocycles. The summed E-state index contributed by atoms with van der Waals surface area (Å²) in [6.07, 6.45) is 2.91. The van der Waals surface area contributed by atoms with E-state index in [4.69, 9.17) is 4.42 Å². The molecule has 2 aromatic rings. The molecule has 1 fully saturated rings. The maximum atomic E-state index is 11.8. The highest BCUT2D eigenvalue weighted by Gasteiger charge is 2.23. The normalized spacial score (nSPS) is 13.6. The summed E-state index contributed by atoms with van der Waals surface area (Å²) < 4.78 is 5.75. The van der Waals surface area contributed by atoms with Crippen molar-refractivity contribution in [2.75, 3.05) is 6.54 Å². The first-order valence-electron chi connectivity index (χ1n) is 7.91. The lowest BCUT2D eigenvalue weighted by atomic mass is 10.2. The van der Waals surface area contributed by atoms with E-state index in [1.54, 1.807) is 0 Å². The second-order valence-corrected chi connectivity index (χ2v) is 5.75. The third-order valence-corrected chi connectivity index (χ3v) is 3.71. The van der Waals surface area contributed by atoms with E-state index >= 15 is 0 Å². The van der Waals surface area contributed by atoms with E-state index in [2.05, 4.69) is 10.6 Å². The van der Waals surface area contributed by atoms with Crippen LogP contribution in [0.25, 0.3) is 11.3 Å². The Kier molecular flexibility index (Phi) is 4.76. The summed E-state index contributed by atoms with van der Waals surface area (Å²) in [6.45, 7) is 0.0444. The van der Waals surface area contributed by atoms with Gasteiger partial charge in [-0.15, -0.1) is 0 Å². The molecular formula is C18H20N2O3. The van der Waals surface area contributed by atoms with E-state index in [0.29, 0.717) is 18.9 Å². The molecule has 0 atom stereocenters. The highest BCUT2D eigenvalue weighted by atomic mass is 16.3. The van der Waals surface area contributed by atoms with Gasteiger partial charge in [0.2, 0.25) is 11.8 Å². The second-order valence-electron chi connectivity index (χ2n) is 5.75. The number of nitrogens with one attached hydrogen (secondary N) is 2. The molecule has 1 aromatic carbocycles. The Morgan fingerprint density at radius 3 is 2.57 bits per heavy atom. The maximum Gasteiger partial charge on any atom is 0.239 e. The lowest BCUT2D eigenvalue weighted by molar-refractivity contribution is -0.126. The highest BCUT2D eigenvalue weighted by Crippen LogP contribution is 2.22. The fourth-order valence-corrected chi connectivity index (χ4v) is 2.28. The lowest BCUT2D eigenvalue weighted by Crippen LogP contribution is -2.37. The Morgan fingerprint density at radius 1 is 1.04 bits per heavy atom. The smallest absolute Gasteiger partial charge is 0.239 e. The molecule has 0 unspecified atom stereocenters. The summed E-state index contributed by atoms with van der Waals surface area (Å²) in [5.74, 6) is 1.30. The first-order valence-corrected chi connectivity index (χ1v) is 7.91. The lowest BCUT2D eigenvalue weighted by Gasteiger charge is -2.05. The molecule has 1 aliphatic carbocycles. The van der Waals surface area contributed by atoms with Crippen molar-refractivity contribution in [2.24, 2.45) is 0 Å². The fourth-order valence-electron chi connectivity index (χ4n) is 2.28. The molecule has 5 nitrogen and oxygen atoms in total. The van der Waals surface area contributed by atoms with Crippen LogP contribution in [0.2, 0.25) is 0 Å². The van der Waals surface area contributed by atoms with Crippen LogP contribution in [0.1, 0.15) is 25.0 Å². The molecule has 2 N–H and O–H groups in total. The van der Waals surface area contributed by atoms with Crippen molar-refractivity contribution in [2.45, 2.75) is 31.7 Å². The zero-order chi connectivity index (χ0) is 16.1. The predicted octanol–water partition coefficient (Wildman–Crippen LogP) is 2.27. The van der Waals surface area contributed by atoms with E-state index in [0.717, 1.165) is 29.9 Å². The van der Waals surface area contributed by atoms with Gasteiger partial charge >= 0.3 is 0 Å². The van der Waals surface area contributed by atoms with E-state index in [9.17, 15) is 9.59 Å². The van der Waals surface area contributed by atoms with Crippen molar-refractivity contribution in [3.05, 3.63) is 48.2 Å². The molecule has 1 saturated carbocycles. The van der Waals surface area contributed by atoms with Gasteiger partial charge in [-0.2, -0.15) is 0 Å². The minimum Gasteiger partial charge on any atom is -0.461 e. The van der Waals surface area contributed by atoms with Crippen LogP contribution in [0.3, 0.4) is 0 Å². The summed E-state index contributed by atoms with van der Waals surface area (Å²) in [4.78, 5) is 23.3. The van der Waals surface area contributed by atoms with Crippen LogP contribution < -0.4 is 10.6 Å². The molecule has 1 heterocycles. The molecule has 3 rings (SSSR count). The average Bonchev–Trinajstić information content (AvgIpc) is 3.25. The molecular weight excluding hydrogens is 292 g/mol. The number of rotatable bonds is 7. The molecule has 0 spiro atoms. The minimum absolute atomic E-state index is 0.0444. The fraction of sp³-hybridized carbons (Fsp3) is 0.333. The number of carbonyl (C=O) groups is 2. The highest BCUT2D eigenvalue weighted by molar-refractivity contribution is 5.85. The molecule has 0 radical (unpaired) electrons. The van der Waals surface area contributed by atoms with Gasteiger partial charge in [0, 0.05) is 24.4 Å². The number of amides is 2. The van der Waals surface area contributed by atoms with E-state index in [1.807, 2.05) is 42.5 Å². The van der Waals surface area contributed by atoms with Gasteiger partial charge in [-0.3, -0.25) is 9.59 Å². The Morgan fingerprint density at radius 2 is 1.83 bits per heavy atom. The number of aryl methyl sites for hydroxylation is 1. The van der Waals surface area contributed by atoms with Crippen molar-refractivity contribution >= 4 is 11.8 Å². The number of carbonyl (C=O) groups excluding carboxylic acids is 2. The third-order valence-electron chi connectivity index (χ3n) is 3.71. The Labute approximate surface area is 135 Å². The van der Waals surface area contributed by atoms with Crippen LogP contribution in [0, 0.1) is 0 Å². The Balaban J connectivity index is 1.42. The Hall–Kier alpha value is -2.56. The third kappa shape index (κ3) is 4.71. The number of benzene rings is 1. The van der Waals surface area contributed by atoms with Crippen LogP contribution in [-0.4, -0.2) is 24.4 Å². The SMILES string of the molecule is O=C(CCc1ccc(-c2ccccc2)o1)NCC(=O)NC1CC1. The van der Waals surface area contributed by atoms with E-state index in [-0.39, 0.29) is 18.4 Å². The van der Waals surface area contributed by atoms with Crippen molar-refractivity contribution < 1.29 is 14.0 Å². The zero-order valence-corrected chi connectivity index (χ0v) is 12.9. The molecule has 0 bridgehead atoms. The van der Waals surface area contributed by atoms with E-state index < -0.39 is 0 Å². The van der Waals surface area contributed by atoms with Crippen molar-refractivity contribution in [1.29, 1.82) is 0 Å². The van der Waals surface area contributed by atoms with Gasteiger partial charge in [-0.05, 0) is 25.0 Å². The molecule has 23 heavy (non-hydrogen) atoms. The minimum atomic E-state index is -0.145. The molecule has 0 saturated heterocycles. The summed E-state index contributed by atoms with van der Waals surface area (Å²) in [5, 5.41) is 5.46. The molecule has 1 aliphatic rings. The van der Waals surface area contributed by atoms with Crippen LogP contribution in [-0.2, 0) is 16.0 Å². The summed E-state index contributed by atoms with van der Waals surface area (Å²) in [5.41, 5.74) is 1.01. The topological polar surface area (TPSA) is 71.3 Å². The summed E-state index contributed by atoms with van der Waals surface area (Å²) in [6, 6.07) is 13.9. The maximum absolute atomic E-state index is 11.8. The monoisotopic (exact) mass is 312 g/mol. The van der Waals surface area contributed by atoms with Gasteiger partial charge in [-0.1, -0.05) is 30.3 Å². The van der Waals surface area contributed by atoms with E-state index in [1.165, 1.54) is 0 Å². The van der Waals surface area contributed by atoms with Gasteiger partial charge in [0.15, 0.2) is 0 Å². The molecule has 2 amide bonds. The van der Waals surface area contributed by atoms with Gasteiger partial charge in [0.05, 0.1) is 6.54 Å². The van der Waals surface area contributed by atoms with Crippen molar-refractivity contribution in [3.63, 3.8) is 0 Å². The molecule has 1 aromatic heterocycles. The quantitative estimate of drug-likeness (QED) is 0.824. The summed E-state index contributed by atoms with van der Waals surface area (Å²) >= 11 is 0. The van der Waals surface area contributed by atoms with Crippen molar-refractivity contribution in [3.8, 4) is 11.3 Å². The van der Waals surface area contributed by atoms with Crippen LogP contribution in [0.15, 0.2) is 46.9 Å². The van der Waals surface area contributed by atoms with Crippen molar-refractivity contribution in [1.82, 2.24) is 10.6 Å². The van der Waals surface area contributed by atoms with Crippen LogP contribution in [0.4, 0.5) is 0 Å². The van der Waals surface area contributed by atoms with Crippen LogP contribution >= 0.6 is 0 Å². The first-order chi connectivity index (χ1) is 11.2. The summed E-state index contributed by atoms with van der Waals surface area (Å²) in [7, 11) is 0. The van der Waals surface area contributed by atoms with Crippen LogP contribution in [0.5, 0.6) is 0 Å². The standard InChI is InChI=1S/C18H20N2O3/c21-17(19-12-18(22)20-14-6-7-14)11-9-15-8-10-16(23-15)13-4-2-1-3-5-13/h1-5,8,10,14H,6-7,9,11-12H2,(H,19,21)(H,20,22). The van der Waals surface area contributed by atoms with Gasteiger partial charge in [0.1, 0.15) is 11.5 Å². The van der Waals surface area contributed by atoms with Gasteiger partial charge in [0.25, 0.3) is 0 Å². The first kappa shape index (κ1) is 15.3. The average molecular weight is 312 g/mol. The zero-order valence-electron chi connectivity index (χ0n) is 12.9. The number of hydrogen-bond acceptors (Lipinski definition) is 3. The Bertz CT molecular complexity index is 675. The second kappa shape index (κ2) is 7.13.